The number of aryl methyl sites for hydroxylation is 2. The molecule has 0 bridgehead atoms. The SMILES string of the molecule is COc1cc([C@H]2C3=CC[C@@H]4C(=O)N(c5ccc(Cl)cc5)C(=O)[C@@H]4[C@@H]3C[C@H]3C(=O)N(c4cc(-c5sc6ccc(Cl)cc6c5C)nn4C)C(=O)[C@@]23C)cc(I)c1O. The van der Waals surface area contributed by atoms with Gasteiger partial charge in [0, 0.05) is 33.8 Å². The molecule has 9 rings (SSSR count). The third-order valence-electron chi connectivity index (χ3n) is 12.2. The maximum atomic E-state index is 15.2. The van der Waals surface area contributed by atoms with Gasteiger partial charge in [0.25, 0.3) is 0 Å². The van der Waals surface area contributed by atoms with Crippen LogP contribution < -0.4 is 14.5 Å². The smallest absolute Gasteiger partial charge is 0.242 e. The van der Waals surface area contributed by atoms with Crippen LogP contribution in [0.5, 0.6) is 11.5 Å². The number of carbonyl (C=O) groups excluding carboxylic acids is 4. The first-order chi connectivity index (χ1) is 26.2. The zero-order chi connectivity index (χ0) is 38.8. The summed E-state index contributed by atoms with van der Waals surface area (Å²) in [5.74, 6) is -4.29. The maximum Gasteiger partial charge on any atom is 0.242 e. The number of fused-ring (bicyclic) bond motifs is 5. The van der Waals surface area contributed by atoms with Crippen LogP contribution in [0.25, 0.3) is 20.7 Å². The molecule has 3 aromatic carbocycles. The number of nitrogens with zero attached hydrogens (tertiary/aromatic N) is 4. The quantitative estimate of drug-likeness (QED) is 0.106. The lowest BCUT2D eigenvalue weighted by molar-refractivity contribution is -0.131. The summed E-state index contributed by atoms with van der Waals surface area (Å²) in [5.41, 5.74) is 2.26. The number of amides is 4. The molecule has 2 saturated heterocycles. The van der Waals surface area contributed by atoms with Crippen molar-refractivity contribution in [3.63, 3.8) is 0 Å². The third kappa shape index (κ3) is 5.20. The predicted octanol–water partition coefficient (Wildman–Crippen LogP) is 8.67. The van der Waals surface area contributed by atoms with E-state index in [0.29, 0.717) is 42.8 Å². The highest BCUT2D eigenvalue weighted by atomic mass is 127. The van der Waals surface area contributed by atoms with Crippen LogP contribution in [0.1, 0.15) is 36.8 Å². The van der Waals surface area contributed by atoms with E-state index in [0.717, 1.165) is 26.1 Å². The number of anilines is 2. The maximum absolute atomic E-state index is 15.2. The van der Waals surface area contributed by atoms with Crippen molar-refractivity contribution in [2.45, 2.75) is 32.6 Å². The molecule has 0 spiro atoms. The summed E-state index contributed by atoms with van der Waals surface area (Å²) in [4.78, 5) is 62.0. The number of benzene rings is 3. The van der Waals surface area contributed by atoms with Crippen molar-refractivity contribution in [2.75, 3.05) is 16.9 Å². The monoisotopic (exact) mass is 906 g/mol. The lowest BCUT2D eigenvalue weighted by Crippen LogP contribution is -2.49. The average Bonchev–Trinajstić information content (AvgIpc) is 3.83. The van der Waals surface area contributed by atoms with E-state index in [-0.39, 0.29) is 41.5 Å². The number of ether oxygens (including phenoxy) is 1. The third-order valence-corrected chi connectivity index (χ3v) is 14.8. The number of allylic oxidation sites excluding steroid dienone is 2. The van der Waals surface area contributed by atoms with Crippen LogP contribution in [-0.2, 0) is 26.2 Å². The van der Waals surface area contributed by atoms with Crippen molar-refractivity contribution in [3.05, 3.63) is 97.1 Å². The number of phenols is 1. The Bertz CT molecular complexity index is 2570. The molecule has 2 aliphatic carbocycles. The highest BCUT2D eigenvalue weighted by Gasteiger charge is 2.68. The lowest BCUT2D eigenvalue weighted by atomic mass is 9.51. The molecule has 5 aromatic rings. The molecule has 4 aliphatic rings. The molecular formula is C41H33Cl2IN4O6S. The minimum atomic E-state index is -1.30. The van der Waals surface area contributed by atoms with Crippen LogP contribution in [0.15, 0.2) is 72.3 Å². The number of rotatable bonds is 5. The minimum absolute atomic E-state index is 0.0366. The van der Waals surface area contributed by atoms with Gasteiger partial charge in [-0.15, -0.1) is 11.3 Å². The van der Waals surface area contributed by atoms with Gasteiger partial charge in [0.15, 0.2) is 11.5 Å². The Morgan fingerprint density at radius 2 is 1.67 bits per heavy atom. The molecule has 1 N–H and O–H groups in total. The van der Waals surface area contributed by atoms with Gasteiger partial charge < -0.3 is 9.84 Å². The highest BCUT2D eigenvalue weighted by Crippen LogP contribution is 2.64. The van der Waals surface area contributed by atoms with Crippen molar-refractivity contribution in [3.8, 4) is 22.1 Å². The average molecular weight is 908 g/mol. The number of hydrogen-bond acceptors (Lipinski definition) is 8. The van der Waals surface area contributed by atoms with Crippen LogP contribution in [0.3, 0.4) is 0 Å². The molecule has 10 nitrogen and oxygen atoms in total. The lowest BCUT2D eigenvalue weighted by Gasteiger charge is -2.49. The largest absolute Gasteiger partial charge is 0.504 e. The van der Waals surface area contributed by atoms with E-state index in [9.17, 15) is 19.5 Å². The Kier molecular flexibility index (Phi) is 8.54. The second-order valence-electron chi connectivity index (χ2n) is 14.9. The van der Waals surface area contributed by atoms with Gasteiger partial charge in [0.2, 0.25) is 23.6 Å². The first-order valence-corrected chi connectivity index (χ1v) is 20.4. The molecule has 14 heteroatoms. The van der Waals surface area contributed by atoms with Gasteiger partial charge in [0.1, 0.15) is 11.5 Å². The molecule has 280 valence electrons. The second kappa shape index (κ2) is 12.9. The van der Waals surface area contributed by atoms with E-state index in [1.54, 1.807) is 65.5 Å². The number of aromatic nitrogens is 2. The first kappa shape index (κ1) is 36.4. The Morgan fingerprint density at radius 1 is 0.945 bits per heavy atom. The molecule has 2 aromatic heterocycles. The van der Waals surface area contributed by atoms with Crippen molar-refractivity contribution < 1.29 is 29.0 Å². The summed E-state index contributed by atoms with van der Waals surface area (Å²) in [5, 5.41) is 17.8. The standard InChI is InChI=1S/C41H33Cl2IN4O6S/c1-18-25-15-21(43)7-12-31(25)55-36(18)29-17-32(46(3)45-29)48-38(51)27-16-26-23(34(41(27,2)40(48)53)19-13-28(44)35(49)30(14-19)54-4)10-11-24-33(26)39(52)47(37(24)50)22-8-5-20(42)6-9-22/h5-10,12-15,17,24,26-27,33-34,49H,11,16H2,1-4H3/t24-,26+,27-,33-,34-,41+/m0/s1. The van der Waals surface area contributed by atoms with Crippen LogP contribution in [0.2, 0.25) is 10.0 Å². The highest BCUT2D eigenvalue weighted by molar-refractivity contribution is 14.1. The Hall–Kier alpha value is -4.24. The van der Waals surface area contributed by atoms with Crippen LogP contribution >= 0.6 is 57.1 Å². The number of imide groups is 2. The molecule has 2 aliphatic heterocycles. The van der Waals surface area contributed by atoms with Crippen molar-refractivity contribution in [1.29, 1.82) is 0 Å². The van der Waals surface area contributed by atoms with Crippen molar-refractivity contribution >= 4 is 102 Å². The fraction of sp³-hybridized carbons (Fsp3) is 0.293. The first-order valence-electron chi connectivity index (χ1n) is 17.8. The van der Waals surface area contributed by atoms with E-state index in [1.165, 1.54) is 16.9 Å². The van der Waals surface area contributed by atoms with Crippen molar-refractivity contribution in [1.82, 2.24) is 9.78 Å². The summed E-state index contributed by atoms with van der Waals surface area (Å²) in [6.07, 6.45) is 2.49. The van der Waals surface area contributed by atoms with Crippen molar-refractivity contribution in [2.24, 2.45) is 36.1 Å². The summed E-state index contributed by atoms with van der Waals surface area (Å²) in [7, 11) is 3.18. The number of thiophene rings is 1. The Balaban J connectivity index is 1.17. The van der Waals surface area contributed by atoms with E-state index in [1.807, 2.05) is 60.7 Å². The molecule has 4 heterocycles. The minimum Gasteiger partial charge on any atom is -0.504 e. The van der Waals surface area contributed by atoms with E-state index in [4.69, 9.17) is 33.0 Å². The number of aromatic hydroxyl groups is 1. The normalized spacial score (nSPS) is 26.1. The number of methoxy groups -OCH3 is 1. The molecular weight excluding hydrogens is 874 g/mol. The van der Waals surface area contributed by atoms with Gasteiger partial charge >= 0.3 is 0 Å². The van der Waals surface area contributed by atoms with Gasteiger partial charge in [-0.1, -0.05) is 34.9 Å². The number of halogens is 3. The fourth-order valence-corrected chi connectivity index (χ4v) is 11.7. The molecule has 0 unspecified atom stereocenters. The zero-order valence-electron chi connectivity index (χ0n) is 30.0. The number of phenolic OH excluding ortho intramolecular Hbond substituents is 1. The predicted molar refractivity (Wildman–Crippen MR) is 220 cm³/mol. The summed E-state index contributed by atoms with van der Waals surface area (Å²) in [6.45, 7) is 3.83. The van der Waals surface area contributed by atoms with Gasteiger partial charge in [0.05, 0.1) is 44.4 Å². The zero-order valence-corrected chi connectivity index (χ0v) is 34.5. The van der Waals surface area contributed by atoms with Gasteiger partial charge in [-0.2, -0.15) is 5.10 Å². The van der Waals surface area contributed by atoms with Crippen LogP contribution in [-0.4, -0.2) is 45.6 Å². The summed E-state index contributed by atoms with van der Waals surface area (Å²) in [6, 6.07) is 17.6. The second-order valence-corrected chi connectivity index (χ2v) is 18.0. The van der Waals surface area contributed by atoms with E-state index >= 15 is 4.79 Å². The van der Waals surface area contributed by atoms with E-state index < -0.39 is 35.0 Å². The van der Waals surface area contributed by atoms with E-state index in [2.05, 4.69) is 0 Å². The molecule has 1 saturated carbocycles. The molecule has 6 atom stereocenters. The molecule has 0 radical (unpaired) electrons. The van der Waals surface area contributed by atoms with Gasteiger partial charge in [-0.3, -0.25) is 28.8 Å². The van der Waals surface area contributed by atoms with Crippen LogP contribution in [0.4, 0.5) is 11.5 Å². The van der Waals surface area contributed by atoms with Gasteiger partial charge in [-0.25, -0.2) is 4.90 Å². The fourth-order valence-electron chi connectivity index (χ4n) is 9.59. The molecule has 4 amide bonds. The molecule has 55 heavy (non-hydrogen) atoms. The summed E-state index contributed by atoms with van der Waals surface area (Å²) < 4.78 is 8.69. The van der Waals surface area contributed by atoms with Crippen LogP contribution in [0, 0.1) is 39.6 Å². The Morgan fingerprint density at radius 3 is 2.40 bits per heavy atom. The Labute approximate surface area is 343 Å². The van der Waals surface area contributed by atoms with Gasteiger partial charge in [-0.05, 0) is 126 Å². The summed E-state index contributed by atoms with van der Waals surface area (Å²) >= 11 is 16.1. The number of carbonyl (C=O) groups is 4. The number of hydrogen-bond donors (Lipinski definition) is 1. The molecule has 3 fully saturated rings. The topological polar surface area (TPSA) is 122 Å².